The lowest BCUT2D eigenvalue weighted by Gasteiger charge is -2.33. The van der Waals surface area contributed by atoms with Crippen molar-refractivity contribution in [2.75, 3.05) is 20.2 Å². The summed E-state index contributed by atoms with van der Waals surface area (Å²) >= 11 is 0. The van der Waals surface area contributed by atoms with E-state index in [-0.39, 0.29) is 10.3 Å². The molecule has 0 spiro atoms. The normalized spacial score (nSPS) is 12.7. The molecule has 8 heteroatoms. The molecule has 0 unspecified atom stereocenters. The van der Waals surface area contributed by atoms with Gasteiger partial charge in [-0.3, -0.25) is 9.59 Å². The Morgan fingerprint density at radius 1 is 1.07 bits per heavy atom. The summed E-state index contributed by atoms with van der Waals surface area (Å²) in [6, 6.07) is 6.33. The van der Waals surface area contributed by atoms with Gasteiger partial charge in [-0.1, -0.05) is 38.5 Å². The molecule has 1 aromatic carbocycles. The quantitative estimate of drug-likeness (QED) is 0.662. The number of hydrogen-bond donors (Lipinski definition) is 1. The third-order valence-electron chi connectivity index (χ3n) is 3.90. The fourth-order valence-corrected chi connectivity index (χ4v) is 4.25. The number of likely N-dealkylation sites (N-methyl/N-ethyl adjacent to an activating group) is 1. The van der Waals surface area contributed by atoms with Crippen molar-refractivity contribution in [2.45, 2.75) is 58.4 Å². The number of rotatable bonds is 8. The van der Waals surface area contributed by atoms with Crippen molar-refractivity contribution in [1.29, 1.82) is 0 Å². The molecular formula is C20H32N2O5S. The molecule has 0 aliphatic rings. The SMILES string of the molecule is Cc1ccc(S(=O)(=O)N(C)CC(=O)OCC(=O)NC(C)(C)CC(C)(C)C)cc1. The van der Waals surface area contributed by atoms with E-state index < -0.39 is 40.6 Å². The molecule has 158 valence electrons. The van der Waals surface area contributed by atoms with E-state index in [1.165, 1.54) is 19.2 Å². The number of benzene rings is 1. The van der Waals surface area contributed by atoms with Crippen LogP contribution in [-0.4, -0.2) is 50.3 Å². The molecule has 7 nitrogen and oxygen atoms in total. The van der Waals surface area contributed by atoms with Gasteiger partial charge >= 0.3 is 5.97 Å². The molecular weight excluding hydrogens is 380 g/mol. The van der Waals surface area contributed by atoms with Crippen LogP contribution in [0.4, 0.5) is 0 Å². The van der Waals surface area contributed by atoms with Gasteiger partial charge in [0.25, 0.3) is 5.91 Å². The van der Waals surface area contributed by atoms with Crippen molar-refractivity contribution < 1.29 is 22.7 Å². The van der Waals surface area contributed by atoms with Crippen molar-refractivity contribution in [3.05, 3.63) is 29.8 Å². The van der Waals surface area contributed by atoms with E-state index in [0.717, 1.165) is 16.3 Å². The molecule has 0 aliphatic carbocycles. The third-order valence-corrected chi connectivity index (χ3v) is 5.71. The second-order valence-corrected chi connectivity index (χ2v) is 10.9. The maximum Gasteiger partial charge on any atom is 0.321 e. The molecule has 1 amide bonds. The van der Waals surface area contributed by atoms with E-state index >= 15 is 0 Å². The molecule has 0 heterocycles. The number of nitrogens with zero attached hydrogens (tertiary/aromatic N) is 1. The predicted molar refractivity (Wildman–Crippen MR) is 108 cm³/mol. The zero-order chi connectivity index (χ0) is 21.8. The highest BCUT2D eigenvalue weighted by molar-refractivity contribution is 7.89. The smallest absolute Gasteiger partial charge is 0.321 e. The van der Waals surface area contributed by atoms with Crippen LogP contribution in [0.5, 0.6) is 0 Å². The van der Waals surface area contributed by atoms with Crippen molar-refractivity contribution in [3.8, 4) is 0 Å². The number of nitrogens with one attached hydrogen (secondary N) is 1. The predicted octanol–water partition coefficient (Wildman–Crippen LogP) is 2.49. The minimum atomic E-state index is -3.81. The van der Waals surface area contributed by atoms with Crippen molar-refractivity contribution in [1.82, 2.24) is 9.62 Å². The fourth-order valence-electron chi connectivity index (χ4n) is 3.13. The monoisotopic (exact) mass is 412 g/mol. The van der Waals surface area contributed by atoms with Gasteiger partial charge in [0.2, 0.25) is 10.0 Å². The van der Waals surface area contributed by atoms with E-state index in [1.807, 2.05) is 20.8 Å². The Balaban J connectivity index is 2.57. The van der Waals surface area contributed by atoms with Gasteiger partial charge in [-0.25, -0.2) is 8.42 Å². The first kappa shape index (κ1) is 24.1. The molecule has 1 aromatic rings. The molecule has 28 heavy (non-hydrogen) atoms. The second-order valence-electron chi connectivity index (χ2n) is 8.90. The average molecular weight is 413 g/mol. The number of sulfonamides is 1. The standard InChI is InChI=1S/C20H32N2O5S/c1-15-8-10-16(11-9-15)28(25,26)22(7)12-18(24)27-13-17(23)21-20(5,6)14-19(2,3)4/h8-11H,12-14H2,1-7H3,(H,21,23). The van der Waals surface area contributed by atoms with E-state index in [2.05, 4.69) is 26.1 Å². The van der Waals surface area contributed by atoms with E-state index in [1.54, 1.807) is 12.1 Å². The first-order valence-electron chi connectivity index (χ1n) is 9.12. The van der Waals surface area contributed by atoms with Crippen LogP contribution >= 0.6 is 0 Å². The lowest BCUT2D eigenvalue weighted by molar-refractivity contribution is -0.149. The minimum absolute atomic E-state index is 0.0283. The lowest BCUT2D eigenvalue weighted by Crippen LogP contribution is -2.47. The Kier molecular flexibility index (Phi) is 7.79. The molecule has 0 fully saturated rings. The number of hydrogen-bond acceptors (Lipinski definition) is 5. The lowest BCUT2D eigenvalue weighted by atomic mass is 9.82. The van der Waals surface area contributed by atoms with Crippen LogP contribution in [0, 0.1) is 12.3 Å². The van der Waals surface area contributed by atoms with Crippen molar-refractivity contribution in [3.63, 3.8) is 0 Å². The third kappa shape index (κ3) is 7.98. The fraction of sp³-hybridized carbons (Fsp3) is 0.600. The summed E-state index contributed by atoms with van der Waals surface area (Å²) in [7, 11) is -2.51. The van der Waals surface area contributed by atoms with Crippen LogP contribution in [-0.2, 0) is 24.3 Å². The maximum absolute atomic E-state index is 12.5. The molecule has 0 atom stereocenters. The number of amides is 1. The van der Waals surface area contributed by atoms with Crippen molar-refractivity contribution >= 4 is 21.9 Å². The second kappa shape index (κ2) is 9.05. The first-order chi connectivity index (χ1) is 12.6. The minimum Gasteiger partial charge on any atom is -0.455 e. The molecule has 0 aliphatic heterocycles. The Morgan fingerprint density at radius 2 is 1.61 bits per heavy atom. The van der Waals surface area contributed by atoms with Crippen LogP contribution in [0.15, 0.2) is 29.2 Å². The number of esters is 1. The summed E-state index contributed by atoms with van der Waals surface area (Å²) in [5.74, 6) is -1.21. The molecule has 1 N–H and O–H groups in total. The van der Waals surface area contributed by atoms with Gasteiger partial charge in [-0.2, -0.15) is 4.31 Å². The van der Waals surface area contributed by atoms with Gasteiger partial charge in [0.05, 0.1) is 4.90 Å². The first-order valence-corrected chi connectivity index (χ1v) is 10.6. The molecule has 0 saturated carbocycles. The van der Waals surface area contributed by atoms with Crippen LogP contribution in [0.25, 0.3) is 0 Å². The van der Waals surface area contributed by atoms with Gasteiger partial charge in [-0.05, 0) is 44.7 Å². The Labute approximate surface area is 168 Å². The Hall–Kier alpha value is -1.93. The maximum atomic E-state index is 12.5. The summed E-state index contributed by atoms with van der Waals surface area (Å²) in [5, 5.41) is 2.83. The van der Waals surface area contributed by atoms with Gasteiger partial charge in [0.15, 0.2) is 6.61 Å². The summed E-state index contributed by atoms with van der Waals surface area (Å²) in [4.78, 5) is 24.1. The van der Waals surface area contributed by atoms with E-state index in [4.69, 9.17) is 4.74 Å². The summed E-state index contributed by atoms with van der Waals surface area (Å²) in [6.07, 6.45) is 0.747. The highest BCUT2D eigenvalue weighted by Gasteiger charge is 2.28. The van der Waals surface area contributed by atoms with Crippen LogP contribution < -0.4 is 5.32 Å². The van der Waals surface area contributed by atoms with Crippen LogP contribution in [0.1, 0.15) is 46.6 Å². The number of aryl methyl sites for hydroxylation is 1. The van der Waals surface area contributed by atoms with Crippen molar-refractivity contribution in [2.24, 2.45) is 5.41 Å². The van der Waals surface area contributed by atoms with Gasteiger partial charge < -0.3 is 10.1 Å². The van der Waals surface area contributed by atoms with Gasteiger partial charge in [0.1, 0.15) is 6.54 Å². The van der Waals surface area contributed by atoms with E-state index in [0.29, 0.717) is 0 Å². The number of carbonyl (C=O) groups excluding carboxylic acids is 2. The zero-order valence-corrected chi connectivity index (χ0v) is 18.6. The summed E-state index contributed by atoms with van der Waals surface area (Å²) in [6.45, 7) is 11.0. The molecule has 0 radical (unpaired) electrons. The van der Waals surface area contributed by atoms with Crippen LogP contribution in [0.2, 0.25) is 0 Å². The van der Waals surface area contributed by atoms with Crippen LogP contribution in [0.3, 0.4) is 0 Å². The summed E-state index contributed by atoms with van der Waals surface area (Å²) in [5.41, 5.74) is 0.509. The zero-order valence-electron chi connectivity index (χ0n) is 17.8. The van der Waals surface area contributed by atoms with Gasteiger partial charge in [-0.15, -0.1) is 0 Å². The Morgan fingerprint density at radius 3 is 2.11 bits per heavy atom. The average Bonchev–Trinajstić information content (AvgIpc) is 2.50. The molecule has 0 bridgehead atoms. The Bertz CT molecular complexity index is 793. The largest absolute Gasteiger partial charge is 0.455 e. The van der Waals surface area contributed by atoms with E-state index in [9.17, 15) is 18.0 Å². The molecule has 1 rings (SSSR count). The number of carbonyl (C=O) groups is 2. The molecule has 0 aromatic heterocycles. The van der Waals surface area contributed by atoms with Gasteiger partial charge in [0, 0.05) is 12.6 Å². The topological polar surface area (TPSA) is 92.8 Å². The highest BCUT2D eigenvalue weighted by atomic mass is 32.2. The molecule has 0 saturated heterocycles. The summed E-state index contributed by atoms with van der Waals surface area (Å²) < 4.78 is 30.8. The highest BCUT2D eigenvalue weighted by Crippen LogP contribution is 2.26. The number of ether oxygens (including phenoxy) is 1.